The van der Waals surface area contributed by atoms with E-state index in [-0.39, 0.29) is 11.3 Å². The van der Waals surface area contributed by atoms with Crippen LogP contribution >= 0.6 is 0 Å². The third kappa shape index (κ3) is 6.86. The number of hydrogen-bond donors (Lipinski definition) is 2. The Hall–Kier alpha value is -2.50. The van der Waals surface area contributed by atoms with Gasteiger partial charge in [0.2, 0.25) is 0 Å². The molecule has 0 heterocycles. The minimum absolute atomic E-state index is 0.113. The summed E-state index contributed by atoms with van der Waals surface area (Å²) in [5, 5.41) is 12.3. The predicted molar refractivity (Wildman–Crippen MR) is 87.3 cm³/mol. The van der Waals surface area contributed by atoms with Gasteiger partial charge < -0.3 is 19.9 Å². The fraction of sp³-hybridized carbons (Fsp3) is 0.412. The highest BCUT2D eigenvalue weighted by atomic mass is 16.6. The largest absolute Gasteiger partial charge is 0.507 e. The molecule has 0 saturated carbocycles. The van der Waals surface area contributed by atoms with Gasteiger partial charge in [0.25, 0.3) is 0 Å². The van der Waals surface area contributed by atoms with Gasteiger partial charge in [-0.2, -0.15) is 0 Å². The fourth-order valence-corrected chi connectivity index (χ4v) is 1.72. The number of hydrogen-bond acceptors (Lipinski definition) is 5. The van der Waals surface area contributed by atoms with Gasteiger partial charge >= 0.3 is 12.1 Å². The Bertz CT molecular complexity index is 587. The first-order valence-corrected chi connectivity index (χ1v) is 7.27. The monoisotopic (exact) mass is 321 g/mol. The van der Waals surface area contributed by atoms with Gasteiger partial charge in [-0.15, -0.1) is 0 Å². The van der Waals surface area contributed by atoms with E-state index in [4.69, 9.17) is 4.74 Å². The van der Waals surface area contributed by atoms with Crippen LogP contribution < -0.4 is 5.32 Å². The van der Waals surface area contributed by atoms with Crippen LogP contribution in [0.5, 0.6) is 5.75 Å². The third-order valence-electron chi connectivity index (χ3n) is 2.72. The Morgan fingerprint density at radius 3 is 2.61 bits per heavy atom. The van der Waals surface area contributed by atoms with Gasteiger partial charge in [-0.25, -0.2) is 9.59 Å². The molecule has 0 radical (unpaired) electrons. The van der Waals surface area contributed by atoms with E-state index < -0.39 is 17.7 Å². The third-order valence-corrected chi connectivity index (χ3v) is 2.72. The summed E-state index contributed by atoms with van der Waals surface area (Å²) in [4.78, 5) is 22.9. The Balaban J connectivity index is 2.50. The molecule has 1 aromatic carbocycles. The topological polar surface area (TPSA) is 84.9 Å². The molecular formula is C17H23NO5. The van der Waals surface area contributed by atoms with Crippen molar-refractivity contribution in [1.29, 1.82) is 0 Å². The summed E-state index contributed by atoms with van der Waals surface area (Å²) < 4.78 is 9.71. The first-order chi connectivity index (χ1) is 10.7. The number of carbonyl (C=O) groups is 2. The van der Waals surface area contributed by atoms with Crippen molar-refractivity contribution in [3.63, 3.8) is 0 Å². The number of alkyl carbamates (subject to hydrolysis) is 1. The number of phenols is 1. The van der Waals surface area contributed by atoms with Gasteiger partial charge in [-0.05, 0) is 44.9 Å². The highest BCUT2D eigenvalue weighted by Gasteiger charge is 2.15. The summed E-state index contributed by atoms with van der Waals surface area (Å²) in [7, 11) is 1.26. The molecule has 23 heavy (non-hydrogen) atoms. The normalized spacial score (nSPS) is 11.3. The van der Waals surface area contributed by atoms with Gasteiger partial charge in [0, 0.05) is 6.54 Å². The lowest BCUT2D eigenvalue weighted by Gasteiger charge is -2.19. The second-order valence-corrected chi connectivity index (χ2v) is 5.89. The smallest absolute Gasteiger partial charge is 0.407 e. The predicted octanol–water partition coefficient (Wildman–Crippen LogP) is 3.11. The maximum atomic E-state index is 11.5. The van der Waals surface area contributed by atoms with E-state index in [1.54, 1.807) is 39.0 Å². The number of phenolic OH excluding ortho intramolecular Hbond substituents is 1. The molecule has 0 aliphatic carbocycles. The van der Waals surface area contributed by atoms with Crippen molar-refractivity contribution in [2.75, 3.05) is 13.7 Å². The molecule has 0 aromatic heterocycles. The Morgan fingerprint density at radius 2 is 2.00 bits per heavy atom. The van der Waals surface area contributed by atoms with E-state index in [9.17, 15) is 14.7 Å². The number of rotatable bonds is 5. The molecule has 0 aliphatic rings. The number of amides is 1. The molecule has 0 spiro atoms. The number of carbonyl (C=O) groups excluding carboxylic acids is 2. The van der Waals surface area contributed by atoms with Crippen LogP contribution in [0.3, 0.4) is 0 Å². The van der Waals surface area contributed by atoms with Crippen molar-refractivity contribution in [2.45, 2.75) is 32.8 Å². The molecule has 0 unspecified atom stereocenters. The molecule has 0 saturated heterocycles. The van der Waals surface area contributed by atoms with E-state index in [1.165, 1.54) is 13.2 Å². The van der Waals surface area contributed by atoms with Crippen LogP contribution in [-0.4, -0.2) is 36.4 Å². The zero-order chi connectivity index (χ0) is 17.5. The summed E-state index contributed by atoms with van der Waals surface area (Å²) >= 11 is 0. The van der Waals surface area contributed by atoms with Crippen molar-refractivity contribution in [3.8, 4) is 5.75 Å². The molecule has 0 aliphatic heterocycles. The number of methoxy groups -OCH3 is 1. The second-order valence-electron chi connectivity index (χ2n) is 5.89. The van der Waals surface area contributed by atoms with Crippen LogP contribution in [0.2, 0.25) is 0 Å². The van der Waals surface area contributed by atoms with Crippen LogP contribution in [0.15, 0.2) is 24.3 Å². The van der Waals surface area contributed by atoms with Crippen LogP contribution in [-0.2, 0) is 9.47 Å². The van der Waals surface area contributed by atoms with Crippen LogP contribution in [0, 0.1) is 0 Å². The average molecular weight is 321 g/mol. The second kappa shape index (κ2) is 8.22. The standard InChI is InChI=1S/C17H23NO5/c1-17(2,3)23-16(21)18-10-6-5-7-12-8-9-14(19)13(11-12)15(20)22-4/h5,7-9,11,19H,6,10H2,1-4H3,(H,18,21). The van der Waals surface area contributed by atoms with Gasteiger partial charge in [0.1, 0.15) is 16.9 Å². The van der Waals surface area contributed by atoms with Crippen LogP contribution in [0.25, 0.3) is 6.08 Å². The Kier molecular flexibility index (Phi) is 6.63. The van der Waals surface area contributed by atoms with Crippen molar-refractivity contribution in [3.05, 3.63) is 35.4 Å². The molecule has 126 valence electrons. The van der Waals surface area contributed by atoms with Crippen molar-refractivity contribution >= 4 is 18.1 Å². The summed E-state index contributed by atoms with van der Waals surface area (Å²) in [6.07, 6.45) is 3.80. The minimum Gasteiger partial charge on any atom is -0.507 e. The number of nitrogens with one attached hydrogen (secondary N) is 1. The maximum absolute atomic E-state index is 11.5. The lowest BCUT2D eigenvalue weighted by molar-refractivity contribution is 0.0527. The summed E-state index contributed by atoms with van der Waals surface area (Å²) in [6.45, 7) is 5.84. The molecule has 1 amide bonds. The molecule has 1 aromatic rings. The van der Waals surface area contributed by atoms with Crippen molar-refractivity contribution in [1.82, 2.24) is 5.32 Å². The van der Waals surface area contributed by atoms with Crippen molar-refractivity contribution < 1.29 is 24.2 Å². The number of esters is 1. The first-order valence-electron chi connectivity index (χ1n) is 7.27. The summed E-state index contributed by atoms with van der Waals surface area (Å²) in [6, 6.07) is 4.66. The van der Waals surface area contributed by atoms with E-state index >= 15 is 0 Å². The van der Waals surface area contributed by atoms with Crippen molar-refractivity contribution in [2.24, 2.45) is 0 Å². The highest BCUT2D eigenvalue weighted by Crippen LogP contribution is 2.20. The Labute approximate surface area is 136 Å². The molecule has 6 nitrogen and oxygen atoms in total. The number of aromatic hydroxyl groups is 1. The van der Waals surface area contributed by atoms with Crippen LogP contribution in [0.4, 0.5) is 4.79 Å². The number of benzene rings is 1. The molecule has 0 atom stereocenters. The van der Waals surface area contributed by atoms with Gasteiger partial charge in [0.15, 0.2) is 0 Å². The number of ether oxygens (including phenoxy) is 2. The zero-order valence-corrected chi connectivity index (χ0v) is 13.9. The molecule has 6 heteroatoms. The molecular weight excluding hydrogens is 298 g/mol. The van der Waals surface area contributed by atoms with E-state index in [0.717, 1.165) is 5.56 Å². The van der Waals surface area contributed by atoms with Gasteiger partial charge in [-0.3, -0.25) is 0 Å². The molecule has 0 fully saturated rings. The van der Waals surface area contributed by atoms with Crippen LogP contribution in [0.1, 0.15) is 43.1 Å². The van der Waals surface area contributed by atoms with E-state index in [1.807, 2.05) is 6.08 Å². The zero-order valence-electron chi connectivity index (χ0n) is 13.9. The maximum Gasteiger partial charge on any atom is 0.407 e. The fourth-order valence-electron chi connectivity index (χ4n) is 1.72. The van der Waals surface area contributed by atoms with E-state index in [0.29, 0.717) is 13.0 Å². The van der Waals surface area contributed by atoms with Gasteiger partial charge in [0.05, 0.1) is 7.11 Å². The Morgan fingerprint density at radius 1 is 1.30 bits per heavy atom. The molecule has 2 N–H and O–H groups in total. The summed E-state index contributed by atoms with van der Waals surface area (Å²) in [5.74, 6) is -0.718. The highest BCUT2D eigenvalue weighted by molar-refractivity contribution is 5.93. The average Bonchev–Trinajstić information content (AvgIpc) is 2.45. The molecule has 1 rings (SSSR count). The summed E-state index contributed by atoms with van der Waals surface area (Å²) in [5.41, 5.74) is 0.345. The minimum atomic E-state index is -0.593. The lowest BCUT2D eigenvalue weighted by Crippen LogP contribution is -2.32. The lowest BCUT2D eigenvalue weighted by atomic mass is 10.1. The quantitative estimate of drug-likeness (QED) is 0.643. The first kappa shape index (κ1) is 18.5. The SMILES string of the molecule is COC(=O)c1cc(C=CCCNC(=O)OC(C)(C)C)ccc1O. The molecule has 0 bridgehead atoms. The van der Waals surface area contributed by atoms with Gasteiger partial charge in [-0.1, -0.05) is 18.2 Å². The van der Waals surface area contributed by atoms with E-state index in [2.05, 4.69) is 10.1 Å².